The molecule has 0 aromatic heterocycles. The molecule has 1 heterocycles. The normalized spacial score (nSPS) is 37.6. The largest absolute Gasteiger partial charge is 0.322 e. The van der Waals surface area contributed by atoms with Crippen molar-refractivity contribution in [1.82, 2.24) is 4.90 Å². The molecule has 4 heteroatoms. The monoisotopic (exact) mass is 233 g/mol. The van der Waals surface area contributed by atoms with E-state index in [-0.39, 0.29) is 18.0 Å². The minimum atomic E-state index is -0.368. The van der Waals surface area contributed by atoms with Crippen molar-refractivity contribution in [2.45, 2.75) is 56.7 Å². The Bertz CT molecular complexity index is 369. The summed E-state index contributed by atoms with van der Waals surface area (Å²) in [6.07, 6.45) is 6.49. The number of hydrogen-bond donors (Lipinski definition) is 1. The molecular weight excluding hydrogens is 214 g/mol. The highest BCUT2D eigenvalue weighted by Gasteiger charge is 2.55. The number of rotatable bonds is 2. The lowest BCUT2D eigenvalue weighted by atomic mass is 9.97. The van der Waals surface area contributed by atoms with E-state index in [1.165, 1.54) is 12.8 Å². The fourth-order valence-electron chi connectivity index (χ4n) is 3.58. The van der Waals surface area contributed by atoms with Gasteiger partial charge in [0.25, 0.3) is 0 Å². The van der Waals surface area contributed by atoms with Crippen molar-refractivity contribution in [3.8, 4) is 6.07 Å². The molecular formula is C13H19N3O. The van der Waals surface area contributed by atoms with Crippen LogP contribution in [0.5, 0.6) is 0 Å². The predicted molar refractivity (Wildman–Crippen MR) is 62.7 cm³/mol. The molecule has 0 aromatic carbocycles. The molecule has 0 bridgehead atoms. The molecule has 3 aliphatic rings. The molecule has 3 rings (SSSR count). The minimum absolute atomic E-state index is 0.0356. The number of carbonyl (C=O) groups excluding carboxylic acids is 1. The topological polar surface area (TPSA) is 70.1 Å². The van der Waals surface area contributed by atoms with E-state index in [4.69, 9.17) is 11.0 Å². The number of nitriles is 1. The number of nitrogens with zero attached hydrogens (tertiary/aromatic N) is 2. The summed E-state index contributed by atoms with van der Waals surface area (Å²) in [6, 6.07) is 2.01. The molecule has 2 unspecified atom stereocenters. The van der Waals surface area contributed by atoms with Gasteiger partial charge in [-0.2, -0.15) is 5.26 Å². The Hall–Kier alpha value is -1.08. The van der Waals surface area contributed by atoms with Gasteiger partial charge in [-0.15, -0.1) is 0 Å². The zero-order valence-corrected chi connectivity index (χ0v) is 10.0. The fourth-order valence-corrected chi connectivity index (χ4v) is 3.58. The molecule has 2 saturated carbocycles. The van der Waals surface area contributed by atoms with Crippen LogP contribution in [0.3, 0.4) is 0 Å². The molecule has 2 N–H and O–H groups in total. The van der Waals surface area contributed by atoms with E-state index in [9.17, 15) is 4.79 Å². The van der Waals surface area contributed by atoms with Gasteiger partial charge in [0.05, 0.1) is 12.1 Å². The molecule has 2 aliphatic carbocycles. The van der Waals surface area contributed by atoms with Crippen molar-refractivity contribution in [3.63, 3.8) is 0 Å². The Morgan fingerprint density at radius 2 is 2.06 bits per heavy atom. The number of amides is 1. The van der Waals surface area contributed by atoms with Crippen LogP contribution in [0.15, 0.2) is 0 Å². The zero-order valence-electron chi connectivity index (χ0n) is 10.0. The maximum Gasteiger partial charge on any atom is 0.241 e. The molecule has 3 fully saturated rings. The van der Waals surface area contributed by atoms with Crippen LogP contribution in [-0.2, 0) is 4.79 Å². The minimum Gasteiger partial charge on any atom is -0.322 e. The summed E-state index contributed by atoms with van der Waals surface area (Å²) >= 11 is 0. The summed E-state index contributed by atoms with van der Waals surface area (Å²) in [5.74, 6) is 0.965. The van der Waals surface area contributed by atoms with Crippen LogP contribution in [0.4, 0.5) is 0 Å². The molecule has 1 aliphatic heterocycles. The highest BCUT2D eigenvalue weighted by Crippen LogP contribution is 2.48. The first-order valence-corrected chi connectivity index (χ1v) is 6.69. The maximum absolute atomic E-state index is 12.4. The van der Waals surface area contributed by atoms with Gasteiger partial charge < -0.3 is 10.6 Å². The van der Waals surface area contributed by atoms with E-state index in [2.05, 4.69) is 6.07 Å². The van der Waals surface area contributed by atoms with Crippen molar-refractivity contribution in [3.05, 3.63) is 0 Å². The zero-order chi connectivity index (χ0) is 12.0. The van der Waals surface area contributed by atoms with Crippen molar-refractivity contribution < 1.29 is 4.79 Å². The summed E-state index contributed by atoms with van der Waals surface area (Å²) in [4.78, 5) is 14.2. The third-order valence-electron chi connectivity index (χ3n) is 4.70. The van der Waals surface area contributed by atoms with Crippen molar-refractivity contribution >= 4 is 5.91 Å². The Morgan fingerprint density at radius 3 is 2.71 bits per heavy atom. The summed E-state index contributed by atoms with van der Waals surface area (Å²) in [5.41, 5.74) is 6.10. The molecule has 92 valence electrons. The molecule has 17 heavy (non-hydrogen) atoms. The Kier molecular flexibility index (Phi) is 2.59. The maximum atomic E-state index is 12.4. The van der Waals surface area contributed by atoms with Crippen LogP contribution < -0.4 is 5.73 Å². The second kappa shape index (κ2) is 3.99. The van der Waals surface area contributed by atoms with Crippen LogP contribution in [0.25, 0.3) is 0 Å². The second-order valence-electron chi connectivity index (χ2n) is 5.76. The van der Waals surface area contributed by atoms with Crippen LogP contribution in [0.1, 0.15) is 38.5 Å². The van der Waals surface area contributed by atoms with E-state index < -0.39 is 0 Å². The molecule has 0 radical (unpaired) electrons. The van der Waals surface area contributed by atoms with Crippen LogP contribution in [0, 0.1) is 23.2 Å². The van der Waals surface area contributed by atoms with E-state index in [1.54, 1.807) is 4.90 Å². The van der Waals surface area contributed by atoms with Crippen molar-refractivity contribution in [1.29, 1.82) is 5.26 Å². The van der Waals surface area contributed by atoms with Gasteiger partial charge in [-0.1, -0.05) is 12.8 Å². The lowest BCUT2D eigenvalue weighted by molar-refractivity contribution is -0.134. The Morgan fingerprint density at radius 1 is 1.35 bits per heavy atom. The first kappa shape index (κ1) is 11.0. The lowest BCUT2D eigenvalue weighted by Gasteiger charge is -2.28. The predicted octanol–water partition coefficient (Wildman–Crippen LogP) is 1.02. The molecule has 4 nitrogen and oxygen atoms in total. The van der Waals surface area contributed by atoms with Crippen LogP contribution in [0.2, 0.25) is 0 Å². The van der Waals surface area contributed by atoms with Crippen molar-refractivity contribution in [2.24, 2.45) is 17.6 Å². The van der Waals surface area contributed by atoms with Gasteiger partial charge in [-0.25, -0.2) is 0 Å². The summed E-state index contributed by atoms with van der Waals surface area (Å²) in [5, 5.41) is 9.09. The number of fused-ring (bicyclic) bond motifs is 1. The highest BCUT2D eigenvalue weighted by molar-refractivity contribution is 5.83. The fraction of sp³-hybridized carbons (Fsp3) is 0.846. The van der Waals surface area contributed by atoms with E-state index in [0.29, 0.717) is 17.9 Å². The number of hydrogen-bond acceptors (Lipinski definition) is 3. The smallest absolute Gasteiger partial charge is 0.241 e. The standard InChI is InChI=1S/C13H19N3O/c14-7-10-5-9-6-11(9)16(10)13(17)12(15)8-3-1-2-4-8/h8-12H,1-6,15H2/t9?,10-,11-,12?/m0/s1. The van der Waals surface area contributed by atoms with Crippen LogP contribution in [-0.4, -0.2) is 28.9 Å². The highest BCUT2D eigenvalue weighted by atomic mass is 16.2. The Labute approximate surface area is 102 Å². The quantitative estimate of drug-likeness (QED) is 0.774. The summed E-state index contributed by atoms with van der Waals surface area (Å²) < 4.78 is 0. The molecule has 1 amide bonds. The third-order valence-corrected chi connectivity index (χ3v) is 4.70. The van der Waals surface area contributed by atoms with Gasteiger partial charge in [-0.05, 0) is 37.5 Å². The van der Waals surface area contributed by atoms with Gasteiger partial charge in [0.1, 0.15) is 6.04 Å². The third kappa shape index (κ3) is 1.73. The number of likely N-dealkylation sites (tertiary alicyclic amines) is 1. The number of nitrogens with two attached hydrogens (primary N) is 1. The lowest BCUT2D eigenvalue weighted by Crippen LogP contribution is -2.50. The van der Waals surface area contributed by atoms with Gasteiger partial charge in [0.15, 0.2) is 0 Å². The molecule has 0 spiro atoms. The summed E-state index contributed by atoms with van der Waals surface area (Å²) in [6.45, 7) is 0. The van der Waals surface area contributed by atoms with E-state index >= 15 is 0 Å². The first-order valence-electron chi connectivity index (χ1n) is 6.69. The summed E-state index contributed by atoms with van der Waals surface area (Å²) in [7, 11) is 0. The number of piperidine rings is 1. The van der Waals surface area contributed by atoms with E-state index in [1.807, 2.05) is 0 Å². The second-order valence-corrected chi connectivity index (χ2v) is 5.76. The average Bonchev–Trinajstić information content (AvgIpc) is 2.83. The van der Waals surface area contributed by atoms with Gasteiger partial charge in [0, 0.05) is 6.04 Å². The van der Waals surface area contributed by atoms with Crippen LogP contribution >= 0.6 is 0 Å². The average molecular weight is 233 g/mol. The van der Waals surface area contributed by atoms with Crippen molar-refractivity contribution in [2.75, 3.05) is 0 Å². The molecule has 4 atom stereocenters. The molecule has 1 saturated heterocycles. The van der Waals surface area contributed by atoms with Gasteiger partial charge in [-0.3, -0.25) is 4.79 Å². The Balaban J connectivity index is 1.70. The number of carbonyl (C=O) groups is 1. The van der Waals surface area contributed by atoms with Gasteiger partial charge >= 0.3 is 0 Å². The van der Waals surface area contributed by atoms with Gasteiger partial charge in [0.2, 0.25) is 5.91 Å². The van der Waals surface area contributed by atoms with E-state index in [0.717, 1.165) is 25.7 Å². The SMILES string of the molecule is N#C[C@@H]1CC2C[C@@H]2N1C(=O)C(N)C1CCCC1. The first-order chi connectivity index (χ1) is 8.22. The molecule has 0 aromatic rings.